The molecule has 5 heteroatoms. The first-order chi connectivity index (χ1) is 11.4. The third-order valence-corrected chi connectivity index (χ3v) is 3.96. The van der Waals surface area contributed by atoms with Crippen LogP contribution in [-0.4, -0.2) is 24.1 Å². The Kier molecular flexibility index (Phi) is 7.03. The molecule has 1 atom stereocenters. The summed E-state index contributed by atoms with van der Waals surface area (Å²) in [7, 11) is 0. The van der Waals surface area contributed by atoms with Crippen molar-refractivity contribution in [3.63, 3.8) is 0 Å². The topological polar surface area (TPSA) is 67.4 Å². The van der Waals surface area contributed by atoms with Crippen LogP contribution in [0.2, 0.25) is 0 Å². The molecule has 0 heterocycles. The summed E-state index contributed by atoms with van der Waals surface area (Å²) in [6, 6.07) is 8.71. The lowest BCUT2D eigenvalue weighted by molar-refractivity contribution is -0.125. The van der Waals surface area contributed by atoms with Gasteiger partial charge in [-0.05, 0) is 23.3 Å². The predicted molar refractivity (Wildman–Crippen MR) is 100 cm³/mol. The Labute approximate surface area is 151 Å². The Morgan fingerprint density at radius 1 is 0.960 bits per heavy atom. The summed E-state index contributed by atoms with van der Waals surface area (Å²) in [6.45, 7) is 14.4. The molecule has 0 aliphatic carbocycles. The Hall–Kier alpha value is -2.04. The van der Waals surface area contributed by atoms with E-state index in [0.29, 0.717) is 0 Å². The van der Waals surface area contributed by atoms with Gasteiger partial charge in [0.1, 0.15) is 12.6 Å². The molecule has 5 nitrogen and oxygen atoms in total. The molecule has 25 heavy (non-hydrogen) atoms. The Bertz CT molecular complexity index is 557. The van der Waals surface area contributed by atoms with E-state index in [0.717, 1.165) is 5.56 Å². The minimum atomic E-state index is -0.671. The van der Waals surface area contributed by atoms with Crippen LogP contribution < -0.4 is 10.6 Å². The van der Waals surface area contributed by atoms with Crippen LogP contribution in [0.1, 0.15) is 54.0 Å². The third kappa shape index (κ3) is 7.16. The number of benzene rings is 1. The lowest BCUT2D eigenvalue weighted by Crippen LogP contribution is -2.56. The highest BCUT2D eigenvalue weighted by Crippen LogP contribution is 2.33. The van der Waals surface area contributed by atoms with Crippen LogP contribution >= 0.6 is 0 Å². The molecule has 1 aromatic carbocycles. The number of carbonyl (C=O) groups is 2. The zero-order valence-electron chi connectivity index (χ0n) is 16.5. The molecule has 2 N–H and O–H groups in total. The van der Waals surface area contributed by atoms with E-state index in [4.69, 9.17) is 4.74 Å². The summed E-state index contributed by atoms with van der Waals surface area (Å²) in [5.41, 5.74) is 0.707. The van der Waals surface area contributed by atoms with Gasteiger partial charge in [0.15, 0.2) is 0 Å². The van der Waals surface area contributed by atoms with E-state index in [-0.39, 0.29) is 29.4 Å². The average Bonchev–Trinajstić information content (AvgIpc) is 2.49. The van der Waals surface area contributed by atoms with Crippen molar-refractivity contribution in [1.82, 2.24) is 10.6 Å². The highest BCUT2D eigenvalue weighted by Gasteiger charge is 2.36. The number of amides is 2. The molecule has 0 bridgehead atoms. The van der Waals surface area contributed by atoms with E-state index in [1.165, 1.54) is 0 Å². The Balaban J connectivity index is 2.56. The van der Waals surface area contributed by atoms with Crippen LogP contribution in [0.25, 0.3) is 0 Å². The van der Waals surface area contributed by atoms with E-state index in [9.17, 15) is 9.59 Å². The van der Waals surface area contributed by atoms with E-state index in [1.54, 1.807) is 6.92 Å². The summed E-state index contributed by atoms with van der Waals surface area (Å²) >= 11 is 0. The van der Waals surface area contributed by atoms with E-state index in [2.05, 4.69) is 52.2 Å². The zero-order chi connectivity index (χ0) is 19.3. The molecule has 0 saturated heterocycles. The molecular weight excluding hydrogens is 316 g/mol. The van der Waals surface area contributed by atoms with Crippen LogP contribution in [0.5, 0.6) is 0 Å². The highest BCUT2D eigenvalue weighted by molar-refractivity contribution is 5.85. The van der Waals surface area contributed by atoms with Crippen LogP contribution in [0.4, 0.5) is 4.79 Å². The van der Waals surface area contributed by atoms with Gasteiger partial charge in [-0.2, -0.15) is 0 Å². The van der Waals surface area contributed by atoms with Crippen LogP contribution in [0, 0.1) is 10.8 Å². The number of nitrogens with one attached hydrogen (secondary N) is 2. The van der Waals surface area contributed by atoms with Gasteiger partial charge in [-0.15, -0.1) is 0 Å². The van der Waals surface area contributed by atoms with Gasteiger partial charge in [0.25, 0.3) is 0 Å². The highest BCUT2D eigenvalue weighted by atomic mass is 16.5. The number of rotatable bonds is 5. The van der Waals surface area contributed by atoms with Crippen molar-refractivity contribution < 1.29 is 14.3 Å². The lowest BCUT2D eigenvalue weighted by Gasteiger charge is -2.41. The number of ether oxygens (including phenoxy) is 1. The quantitative estimate of drug-likeness (QED) is 0.848. The summed E-state index contributed by atoms with van der Waals surface area (Å²) in [5, 5.41) is 5.65. The molecule has 0 saturated carbocycles. The second-order valence-corrected chi connectivity index (χ2v) is 8.60. The lowest BCUT2D eigenvalue weighted by atomic mass is 9.72. The molecule has 0 aliphatic heterocycles. The number of alkyl carbamates (subject to hydrolysis) is 1. The third-order valence-electron chi connectivity index (χ3n) is 3.96. The first-order valence-corrected chi connectivity index (χ1v) is 8.69. The van der Waals surface area contributed by atoms with Gasteiger partial charge in [-0.3, -0.25) is 4.79 Å². The summed E-state index contributed by atoms with van der Waals surface area (Å²) < 4.78 is 5.16. The second kappa shape index (κ2) is 8.37. The molecule has 140 valence electrons. The molecular formula is C20H32N2O3. The summed E-state index contributed by atoms with van der Waals surface area (Å²) in [5.74, 6) is -0.216. The van der Waals surface area contributed by atoms with Crippen molar-refractivity contribution in [3.05, 3.63) is 35.9 Å². The molecule has 0 spiro atoms. The maximum Gasteiger partial charge on any atom is 0.408 e. The average molecular weight is 348 g/mol. The van der Waals surface area contributed by atoms with Crippen molar-refractivity contribution in [1.29, 1.82) is 0 Å². The molecule has 2 amide bonds. The number of carbonyl (C=O) groups excluding carboxylic acids is 2. The Morgan fingerprint density at radius 3 is 1.96 bits per heavy atom. The monoisotopic (exact) mass is 348 g/mol. The summed E-state index contributed by atoms with van der Waals surface area (Å²) in [6.07, 6.45) is -0.602. The molecule has 0 unspecified atom stereocenters. The van der Waals surface area contributed by atoms with Crippen LogP contribution in [0.3, 0.4) is 0 Å². The first-order valence-electron chi connectivity index (χ1n) is 8.69. The van der Waals surface area contributed by atoms with Crippen LogP contribution in [0.15, 0.2) is 30.3 Å². The van der Waals surface area contributed by atoms with Gasteiger partial charge in [0, 0.05) is 6.04 Å². The Morgan fingerprint density at radius 2 is 1.48 bits per heavy atom. The van der Waals surface area contributed by atoms with Crippen molar-refractivity contribution >= 4 is 12.0 Å². The van der Waals surface area contributed by atoms with Gasteiger partial charge in [-0.1, -0.05) is 71.9 Å². The maximum atomic E-state index is 12.5. The fourth-order valence-corrected chi connectivity index (χ4v) is 3.01. The molecule has 0 fully saturated rings. The zero-order valence-corrected chi connectivity index (χ0v) is 16.5. The van der Waals surface area contributed by atoms with E-state index >= 15 is 0 Å². The normalized spacial score (nSPS) is 13.3. The SMILES string of the molecule is C[C@@H](NC(=O)OCc1ccccc1)C(=O)NC(C(C)(C)C)C(C)(C)C. The minimum Gasteiger partial charge on any atom is -0.445 e. The van der Waals surface area contributed by atoms with Gasteiger partial charge in [-0.25, -0.2) is 4.79 Å². The largest absolute Gasteiger partial charge is 0.445 e. The molecule has 0 aliphatic rings. The fourth-order valence-electron chi connectivity index (χ4n) is 3.01. The number of hydrogen-bond donors (Lipinski definition) is 2. The van der Waals surface area contributed by atoms with Crippen molar-refractivity contribution in [2.24, 2.45) is 10.8 Å². The van der Waals surface area contributed by atoms with E-state index < -0.39 is 12.1 Å². The maximum absolute atomic E-state index is 12.5. The smallest absolute Gasteiger partial charge is 0.408 e. The van der Waals surface area contributed by atoms with Crippen molar-refractivity contribution in [3.8, 4) is 0 Å². The van der Waals surface area contributed by atoms with Gasteiger partial charge >= 0.3 is 6.09 Å². The fraction of sp³-hybridized carbons (Fsp3) is 0.600. The molecule has 1 rings (SSSR count). The van der Waals surface area contributed by atoms with E-state index in [1.807, 2.05) is 30.3 Å². The minimum absolute atomic E-state index is 0.0305. The predicted octanol–water partition coefficient (Wildman–Crippen LogP) is 3.88. The van der Waals surface area contributed by atoms with Gasteiger partial charge in [0.2, 0.25) is 5.91 Å². The van der Waals surface area contributed by atoms with Crippen molar-refractivity contribution in [2.75, 3.05) is 0 Å². The molecule has 1 aromatic rings. The second-order valence-electron chi connectivity index (χ2n) is 8.60. The van der Waals surface area contributed by atoms with Crippen LogP contribution in [-0.2, 0) is 16.1 Å². The van der Waals surface area contributed by atoms with Crippen molar-refractivity contribution in [2.45, 2.75) is 67.2 Å². The summed E-state index contributed by atoms with van der Waals surface area (Å²) in [4.78, 5) is 24.4. The van der Waals surface area contributed by atoms with Gasteiger partial charge < -0.3 is 15.4 Å². The molecule has 0 aromatic heterocycles. The first kappa shape index (κ1) is 21.0. The molecule has 0 radical (unpaired) electrons. The standard InChI is InChI=1S/C20H32N2O3/c1-14(16(23)22-17(19(2,3)4)20(5,6)7)21-18(24)25-13-15-11-9-8-10-12-15/h8-12,14,17H,13H2,1-7H3,(H,21,24)(H,22,23)/t14-/m1/s1. The van der Waals surface area contributed by atoms with Gasteiger partial charge in [0.05, 0.1) is 0 Å². The number of hydrogen-bond acceptors (Lipinski definition) is 3.